The van der Waals surface area contributed by atoms with E-state index < -0.39 is 11.7 Å². The lowest BCUT2D eigenvalue weighted by Crippen LogP contribution is -2.51. The van der Waals surface area contributed by atoms with E-state index in [-0.39, 0.29) is 22.8 Å². The van der Waals surface area contributed by atoms with E-state index in [1.54, 1.807) is 37.4 Å². The first-order valence-corrected chi connectivity index (χ1v) is 11.3. The molecule has 9 heteroatoms. The van der Waals surface area contributed by atoms with Crippen molar-refractivity contribution in [1.29, 1.82) is 5.26 Å². The maximum absolute atomic E-state index is 13.5. The molecule has 1 aromatic heterocycles. The van der Waals surface area contributed by atoms with Crippen LogP contribution in [-0.4, -0.2) is 55.2 Å². The number of halogens is 3. The van der Waals surface area contributed by atoms with Crippen LogP contribution >= 0.6 is 0 Å². The van der Waals surface area contributed by atoms with Gasteiger partial charge < -0.3 is 14.5 Å². The Morgan fingerprint density at radius 3 is 2.79 bits per heavy atom. The fourth-order valence-electron chi connectivity index (χ4n) is 5.15. The Hall–Kier alpha value is -3.12. The number of hydrogen-bond donors (Lipinski definition) is 0. The van der Waals surface area contributed by atoms with Crippen LogP contribution in [0.15, 0.2) is 36.5 Å². The third kappa shape index (κ3) is 4.47. The van der Waals surface area contributed by atoms with Gasteiger partial charge in [0, 0.05) is 61.7 Å². The first-order chi connectivity index (χ1) is 16.2. The Labute approximate surface area is 196 Å². The van der Waals surface area contributed by atoms with Crippen LogP contribution in [0.1, 0.15) is 40.5 Å². The first kappa shape index (κ1) is 24.0. The molecule has 1 aromatic carbocycles. The summed E-state index contributed by atoms with van der Waals surface area (Å²) in [6, 6.07) is 9.01. The van der Waals surface area contributed by atoms with E-state index in [1.807, 2.05) is 16.7 Å². The average Bonchev–Trinajstić information content (AvgIpc) is 3.20. The number of nitrogens with zero attached hydrogens (tertiary/aromatic N) is 4. The van der Waals surface area contributed by atoms with Gasteiger partial charge in [-0.15, -0.1) is 0 Å². The minimum atomic E-state index is -4.61. The first-order valence-electron chi connectivity index (χ1n) is 11.3. The number of rotatable bonds is 5. The van der Waals surface area contributed by atoms with Gasteiger partial charge in [0.05, 0.1) is 29.4 Å². The lowest BCUT2D eigenvalue weighted by molar-refractivity contribution is -0.137. The Bertz CT molecular complexity index is 1110. The third-order valence-corrected chi connectivity index (χ3v) is 7.05. The number of pyridine rings is 1. The van der Waals surface area contributed by atoms with E-state index in [1.165, 1.54) is 6.07 Å². The van der Waals surface area contributed by atoms with Gasteiger partial charge in [0.2, 0.25) is 0 Å². The number of aryl methyl sites for hydroxylation is 1. The van der Waals surface area contributed by atoms with Crippen molar-refractivity contribution in [2.24, 2.45) is 11.3 Å². The van der Waals surface area contributed by atoms with E-state index in [2.05, 4.69) is 4.98 Å². The molecule has 180 valence electrons. The fourth-order valence-corrected chi connectivity index (χ4v) is 5.15. The number of aromatic nitrogens is 1. The van der Waals surface area contributed by atoms with Gasteiger partial charge in [0.1, 0.15) is 0 Å². The molecule has 2 aliphatic rings. The van der Waals surface area contributed by atoms with Crippen LogP contribution in [0.5, 0.6) is 0 Å². The molecule has 6 nitrogen and oxygen atoms in total. The van der Waals surface area contributed by atoms with E-state index in [0.29, 0.717) is 62.8 Å². The molecule has 0 bridgehead atoms. The summed E-state index contributed by atoms with van der Waals surface area (Å²) in [6.07, 6.45) is -2.26. The summed E-state index contributed by atoms with van der Waals surface area (Å²) in [4.78, 5) is 21.2. The van der Waals surface area contributed by atoms with E-state index in [9.17, 15) is 18.0 Å². The monoisotopic (exact) mass is 472 g/mol. The van der Waals surface area contributed by atoms with E-state index in [0.717, 1.165) is 6.07 Å². The molecule has 2 atom stereocenters. The zero-order chi connectivity index (χ0) is 24.5. The number of benzene rings is 1. The van der Waals surface area contributed by atoms with Gasteiger partial charge >= 0.3 is 6.18 Å². The van der Waals surface area contributed by atoms with Gasteiger partial charge in [-0.2, -0.15) is 18.4 Å². The van der Waals surface area contributed by atoms with Crippen molar-refractivity contribution >= 4 is 11.6 Å². The van der Waals surface area contributed by atoms with Crippen molar-refractivity contribution in [1.82, 2.24) is 9.88 Å². The second-order valence-electron chi connectivity index (χ2n) is 9.05. The maximum Gasteiger partial charge on any atom is 0.417 e. The number of carbonyl (C=O) groups is 1. The lowest BCUT2D eigenvalue weighted by Gasteiger charge is -2.43. The summed E-state index contributed by atoms with van der Waals surface area (Å²) in [7, 11) is 0. The number of amides is 1. The Balaban J connectivity index is 1.61. The average molecular weight is 473 g/mol. The quantitative estimate of drug-likeness (QED) is 0.650. The van der Waals surface area contributed by atoms with Gasteiger partial charge in [-0.25, -0.2) is 0 Å². The molecule has 0 spiro atoms. The SMILES string of the molecule is CCOC[C@@]12CCN(C(=O)c3cccnc3C)C[C@@H]1CN(c1ccc(C#N)c(C(F)(F)F)c1)C2. The highest BCUT2D eigenvalue weighted by Gasteiger charge is 2.50. The molecule has 0 saturated carbocycles. The topological polar surface area (TPSA) is 69.5 Å². The minimum Gasteiger partial charge on any atom is -0.381 e. The number of nitriles is 1. The number of piperidine rings is 1. The summed E-state index contributed by atoms with van der Waals surface area (Å²) in [5.41, 5.74) is 0.0898. The van der Waals surface area contributed by atoms with Crippen LogP contribution in [0.2, 0.25) is 0 Å². The molecule has 34 heavy (non-hydrogen) atoms. The molecule has 2 aliphatic heterocycles. The van der Waals surface area contributed by atoms with Crippen molar-refractivity contribution in [3.63, 3.8) is 0 Å². The molecule has 2 fully saturated rings. The molecule has 0 radical (unpaired) electrons. The van der Waals surface area contributed by atoms with Crippen LogP contribution in [0.4, 0.5) is 18.9 Å². The standard InChI is InChI=1S/C25H27F3N4O2/c1-3-34-16-24-8-10-31(23(33)21-5-4-9-30-17(21)2)13-19(24)14-32(15-24)20-7-6-18(12-29)22(11-20)25(26,27)28/h4-7,9,11,19H,3,8,10,13-16H2,1-2H3/t19-,24+/m1/s1. The number of alkyl halides is 3. The van der Waals surface area contributed by atoms with Crippen LogP contribution in [0, 0.1) is 29.6 Å². The highest BCUT2D eigenvalue weighted by atomic mass is 19.4. The predicted octanol–water partition coefficient (Wildman–Crippen LogP) is 4.29. The van der Waals surface area contributed by atoms with Crippen LogP contribution in [0.25, 0.3) is 0 Å². The number of likely N-dealkylation sites (tertiary alicyclic amines) is 1. The van der Waals surface area contributed by atoms with Gasteiger partial charge in [-0.05, 0) is 50.6 Å². The summed E-state index contributed by atoms with van der Waals surface area (Å²) in [5.74, 6) is -0.0366. The highest BCUT2D eigenvalue weighted by molar-refractivity contribution is 5.95. The summed E-state index contributed by atoms with van der Waals surface area (Å²) in [6.45, 7) is 6.84. The molecule has 2 saturated heterocycles. The van der Waals surface area contributed by atoms with Gasteiger partial charge in [-0.3, -0.25) is 9.78 Å². The van der Waals surface area contributed by atoms with Crippen molar-refractivity contribution in [2.45, 2.75) is 26.4 Å². The Kier molecular flexibility index (Phi) is 6.54. The second kappa shape index (κ2) is 9.26. The van der Waals surface area contributed by atoms with Crippen molar-refractivity contribution < 1.29 is 22.7 Å². The van der Waals surface area contributed by atoms with E-state index >= 15 is 0 Å². The minimum absolute atomic E-state index is 0.0405. The summed E-state index contributed by atoms with van der Waals surface area (Å²) in [5, 5.41) is 9.12. The van der Waals surface area contributed by atoms with Crippen LogP contribution in [0.3, 0.4) is 0 Å². The number of fused-ring (bicyclic) bond motifs is 1. The van der Waals surface area contributed by atoms with E-state index in [4.69, 9.17) is 10.00 Å². The summed E-state index contributed by atoms with van der Waals surface area (Å²) < 4.78 is 46.4. The fraction of sp³-hybridized carbons (Fsp3) is 0.480. The molecular formula is C25H27F3N4O2. The number of hydrogen-bond acceptors (Lipinski definition) is 5. The largest absolute Gasteiger partial charge is 0.417 e. The smallest absolute Gasteiger partial charge is 0.381 e. The maximum atomic E-state index is 13.5. The molecule has 4 rings (SSSR count). The highest BCUT2D eigenvalue weighted by Crippen LogP contribution is 2.46. The van der Waals surface area contributed by atoms with Gasteiger partial charge in [0.25, 0.3) is 5.91 Å². The molecule has 3 heterocycles. The van der Waals surface area contributed by atoms with Crippen molar-refractivity contribution in [2.75, 3.05) is 44.3 Å². The zero-order valence-electron chi connectivity index (χ0n) is 19.2. The van der Waals surface area contributed by atoms with Crippen LogP contribution < -0.4 is 4.90 Å². The molecule has 2 aromatic rings. The van der Waals surface area contributed by atoms with Crippen LogP contribution in [-0.2, 0) is 10.9 Å². The molecule has 0 aliphatic carbocycles. The Morgan fingerprint density at radius 2 is 2.12 bits per heavy atom. The number of anilines is 1. The number of ether oxygens (including phenoxy) is 1. The van der Waals surface area contributed by atoms with Gasteiger partial charge in [0.15, 0.2) is 0 Å². The second-order valence-corrected chi connectivity index (χ2v) is 9.05. The predicted molar refractivity (Wildman–Crippen MR) is 120 cm³/mol. The van der Waals surface area contributed by atoms with Gasteiger partial charge in [-0.1, -0.05) is 0 Å². The Morgan fingerprint density at radius 1 is 1.32 bits per heavy atom. The molecule has 0 unspecified atom stereocenters. The third-order valence-electron chi connectivity index (χ3n) is 7.05. The zero-order valence-corrected chi connectivity index (χ0v) is 19.2. The summed E-state index contributed by atoms with van der Waals surface area (Å²) >= 11 is 0. The van der Waals surface area contributed by atoms with Crippen molar-refractivity contribution in [3.8, 4) is 6.07 Å². The normalized spacial score (nSPS) is 22.4. The molecular weight excluding hydrogens is 445 g/mol. The van der Waals surface area contributed by atoms with Crippen molar-refractivity contribution in [3.05, 3.63) is 58.9 Å². The number of carbonyl (C=O) groups excluding carboxylic acids is 1. The molecule has 0 N–H and O–H groups in total. The molecule has 1 amide bonds. The lowest BCUT2D eigenvalue weighted by atomic mass is 9.73.